The van der Waals surface area contributed by atoms with Gasteiger partial charge in [0.25, 0.3) is 0 Å². The highest BCUT2D eigenvalue weighted by molar-refractivity contribution is 6.11. The first-order valence-corrected chi connectivity index (χ1v) is 21.2. The predicted molar refractivity (Wildman–Crippen MR) is 249 cm³/mol. The van der Waals surface area contributed by atoms with Crippen molar-refractivity contribution in [2.75, 3.05) is 5.32 Å². The number of aromatic nitrogens is 3. The Balaban J connectivity index is 1.07. The van der Waals surface area contributed by atoms with Crippen LogP contribution in [0.4, 0.5) is 5.82 Å². The maximum absolute atomic E-state index is 4.63. The largest absolute Gasteiger partial charge is 0.343 e. The van der Waals surface area contributed by atoms with E-state index in [1.54, 1.807) is 0 Å². The fourth-order valence-electron chi connectivity index (χ4n) is 9.22. The first-order valence-electron chi connectivity index (χ1n) is 21.2. The molecule has 0 atom stereocenters. The zero-order chi connectivity index (χ0) is 40.5. The van der Waals surface area contributed by atoms with E-state index in [1.165, 1.54) is 94.3 Å². The summed E-state index contributed by atoms with van der Waals surface area (Å²) in [6.45, 7) is 13.7. The Labute approximate surface area is 348 Å². The molecular weight excluding hydrogens is 717 g/mol. The minimum Gasteiger partial charge on any atom is -0.343 e. The minimum absolute atomic E-state index is 0.124. The summed E-state index contributed by atoms with van der Waals surface area (Å²) >= 11 is 0. The standard InChI is InChI=1S/C55H52N4/c1-54(2,3)43-21-14-36(15-22-43)38-19-26-50(57-53-11-7-8-28-56-53)47(32-38)41-18-25-45-40(31-41)12-13-42-34-49-48-33-39(37-16-23-44(24-17-37)55(4,5)6)20-27-51(48)59(52(49)35-46(42)45)58-29-9-10-30-58/h7-11,14-18,20-25,27-35H,12-13,19,26H2,1-6H3,(H,56,57). The molecular formula is C55H52N4. The van der Waals surface area contributed by atoms with Crippen LogP contribution < -0.4 is 5.32 Å². The maximum Gasteiger partial charge on any atom is 0.130 e. The van der Waals surface area contributed by atoms with Gasteiger partial charge in [-0.3, -0.25) is 4.68 Å². The van der Waals surface area contributed by atoms with E-state index in [2.05, 4.69) is 195 Å². The van der Waals surface area contributed by atoms with Crippen molar-refractivity contribution in [3.8, 4) is 22.3 Å². The van der Waals surface area contributed by atoms with E-state index < -0.39 is 0 Å². The van der Waals surface area contributed by atoms with Gasteiger partial charge < -0.3 is 5.32 Å². The van der Waals surface area contributed by atoms with Crippen LogP contribution in [0.1, 0.15) is 87.8 Å². The number of nitrogens with zero attached hydrogens (tertiary/aromatic N) is 3. The van der Waals surface area contributed by atoms with Crippen LogP contribution in [0.5, 0.6) is 0 Å². The highest BCUT2D eigenvalue weighted by Crippen LogP contribution is 2.43. The molecule has 5 aromatic carbocycles. The molecule has 0 saturated heterocycles. The zero-order valence-electron chi connectivity index (χ0n) is 35.1. The number of hydrogen-bond donors (Lipinski definition) is 1. The van der Waals surface area contributed by atoms with Gasteiger partial charge in [-0.1, -0.05) is 120 Å². The van der Waals surface area contributed by atoms with E-state index in [0.29, 0.717) is 0 Å². The summed E-state index contributed by atoms with van der Waals surface area (Å²) in [6, 6.07) is 47.7. The van der Waals surface area contributed by atoms with Crippen LogP contribution in [-0.2, 0) is 23.7 Å². The van der Waals surface area contributed by atoms with Crippen molar-refractivity contribution >= 4 is 38.8 Å². The normalized spacial score (nSPS) is 14.4. The van der Waals surface area contributed by atoms with Crippen molar-refractivity contribution in [1.82, 2.24) is 14.3 Å². The van der Waals surface area contributed by atoms with Crippen LogP contribution in [0, 0.1) is 0 Å². The summed E-state index contributed by atoms with van der Waals surface area (Å²) in [5.41, 5.74) is 19.7. The lowest BCUT2D eigenvalue weighted by Gasteiger charge is -2.25. The Kier molecular flexibility index (Phi) is 8.86. The molecule has 0 aliphatic heterocycles. The van der Waals surface area contributed by atoms with E-state index in [-0.39, 0.29) is 10.8 Å². The number of benzene rings is 5. The summed E-state index contributed by atoms with van der Waals surface area (Å²) in [5.74, 6) is 0.880. The van der Waals surface area contributed by atoms with E-state index in [9.17, 15) is 0 Å². The van der Waals surface area contributed by atoms with Crippen molar-refractivity contribution in [1.29, 1.82) is 0 Å². The molecule has 3 heterocycles. The quantitative estimate of drug-likeness (QED) is 0.183. The molecule has 59 heavy (non-hydrogen) atoms. The molecule has 10 rings (SSSR count). The highest BCUT2D eigenvalue weighted by atomic mass is 15.4. The Bertz CT molecular complexity index is 2930. The van der Waals surface area contributed by atoms with Crippen molar-refractivity contribution in [2.24, 2.45) is 0 Å². The van der Waals surface area contributed by atoms with E-state index in [1.807, 2.05) is 18.3 Å². The minimum atomic E-state index is 0.124. The second kappa shape index (κ2) is 14.2. The second-order valence-corrected chi connectivity index (χ2v) is 18.6. The smallest absolute Gasteiger partial charge is 0.130 e. The van der Waals surface area contributed by atoms with Crippen molar-refractivity contribution in [3.63, 3.8) is 0 Å². The van der Waals surface area contributed by atoms with E-state index in [0.717, 1.165) is 31.5 Å². The molecule has 4 heteroatoms. The Hall–Kier alpha value is -6.39. The Morgan fingerprint density at radius 2 is 1.17 bits per heavy atom. The summed E-state index contributed by atoms with van der Waals surface area (Å²) < 4.78 is 4.59. The Morgan fingerprint density at radius 1 is 0.525 bits per heavy atom. The lowest BCUT2D eigenvalue weighted by atomic mass is 9.81. The molecule has 0 saturated carbocycles. The molecule has 1 N–H and O–H groups in total. The average Bonchev–Trinajstić information content (AvgIpc) is 3.88. The van der Waals surface area contributed by atoms with Gasteiger partial charge in [0.15, 0.2) is 0 Å². The molecule has 0 radical (unpaired) electrons. The lowest BCUT2D eigenvalue weighted by Crippen LogP contribution is -2.11. The summed E-state index contributed by atoms with van der Waals surface area (Å²) in [5, 5.41) is 6.30. The van der Waals surface area contributed by atoms with Gasteiger partial charge in [-0.25, -0.2) is 9.66 Å². The number of rotatable bonds is 6. The number of hydrogen-bond acceptors (Lipinski definition) is 2. The first-order chi connectivity index (χ1) is 28.5. The zero-order valence-corrected chi connectivity index (χ0v) is 35.1. The third-order valence-corrected chi connectivity index (χ3v) is 12.6. The van der Waals surface area contributed by atoms with Gasteiger partial charge in [-0.15, -0.1) is 0 Å². The molecule has 3 aromatic heterocycles. The van der Waals surface area contributed by atoms with Crippen LogP contribution in [-0.4, -0.2) is 14.3 Å². The Morgan fingerprint density at radius 3 is 1.85 bits per heavy atom. The second-order valence-electron chi connectivity index (χ2n) is 18.6. The van der Waals surface area contributed by atoms with Gasteiger partial charge in [-0.2, -0.15) is 0 Å². The third kappa shape index (κ3) is 6.81. The summed E-state index contributed by atoms with van der Waals surface area (Å²) in [7, 11) is 0. The SMILES string of the molecule is CC(C)(C)c1ccc(C2=CC(c3ccc4c(c3)CCc3cc5c6cc(-c7ccc(C(C)(C)C)cc7)ccc6n(-n6cccc6)c5cc3-4)=C(Nc3ccccn3)CC2)cc1. The van der Waals surface area contributed by atoms with Crippen LogP contribution in [0.2, 0.25) is 0 Å². The third-order valence-electron chi connectivity index (χ3n) is 12.6. The fraction of sp³-hybridized carbons (Fsp3) is 0.218. The van der Waals surface area contributed by atoms with Crippen molar-refractivity contribution in [3.05, 3.63) is 191 Å². The van der Waals surface area contributed by atoms with Crippen molar-refractivity contribution in [2.45, 2.75) is 78.1 Å². The molecule has 8 aromatic rings. The molecule has 0 bridgehead atoms. The molecule has 4 nitrogen and oxygen atoms in total. The van der Waals surface area contributed by atoms with Gasteiger partial charge in [0.2, 0.25) is 0 Å². The number of pyridine rings is 1. The molecule has 0 amide bonds. The molecule has 292 valence electrons. The molecule has 2 aliphatic carbocycles. The van der Waals surface area contributed by atoms with E-state index >= 15 is 0 Å². The van der Waals surface area contributed by atoms with Gasteiger partial charge in [0.1, 0.15) is 5.82 Å². The van der Waals surface area contributed by atoms with Crippen LogP contribution >= 0.6 is 0 Å². The number of anilines is 1. The van der Waals surface area contributed by atoms with Gasteiger partial charge in [0, 0.05) is 40.6 Å². The van der Waals surface area contributed by atoms with Gasteiger partial charge in [-0.05, 0) is 152 Å². The fourth-order valence-corrected chi connectivity index (χ4v) is 9.22. The number of allylic oxidation sites excluding steroid dienone is 4. The number of fused-ring (bicyclic) bond motifs is 6. The molecule has 0 spiro atoms. The number of nitrogens with one attached hydrogen (secondary N) is 1. The van der Waals surface area contributed by atoms with Crippen LogP contribution in [0.15, 0.2) is 158 Å². The first kappa shape index (κ1) is 36.9. The van der Waals surface area contributed by atoms with Crippen molar-refractivity contribution < 1.29 is 0 Å². The maximum atomic E-state index is 4.63. The van der Waals surface area contributed by atoms with Gasteiger partial charge >= 0.3 is 0 Å². The molecule has 2 aliphatic rings. The summed E-state index contributed by atoms with van der Waals surface area (Å²) in [6.07, 6.45) is 12.5. The van der Waals surface area contributed by atoms with Crippen LogP contribution in [0.25, 0.3) is 55.2 Å². The van der Waals surface area contributed by atoms with Crippen LogP contribution in [0.3, 0.4) is 0 Å². The topological polar surface area (TPSA) is 34.8 Å². The average molecular weight is 769 g/mol. The highest BCUT2D eigenvalue weighted by Gasteiger charge is 2.24. The molecule has 0 unspecified atom stereocenters. The summed E-state index contributed by atoms with van der Waals surface area (Å²) in [4.78, 5) is 4.63. The monoisotopic (exact) mass is 768 g/mol. The lowest BCUT2D eigenvalue weighted by molar-refractivity contribution is 0.590. The molecule has 0 fully saturated rings. The number of aryl methyl sites for hydroxylation is 2. The predicted octanol–water partition coefficient (Wildman–Crippen LogP) is 14.0. The van der Waals surface area contributed by atoms with Gasteiger partial charge in [0.05, 0.1) is 11.0 Å². The van der Waals surface area contributed by atoms with E-state index in [4.69, 9.17) is 0 Å².